The first-order valence-corrected chi connectivity index (χ1v) is 14.8. The van der Waals surface area contributed by atoms with E-state index < -0.39 is 0 Å². The van der Waals surface area contributed by atoms with Crippen LogP contribution in [0.5, 0.6) is 0 Å². The van der Waals surface area contributed by atoms with Crippen LogP contribution in [0.3, 0.4) is 0 Å². The average Bonchev–Trinajstić information content (AvgIpc) is 3.67. The van der Waals surface area contributed by atoms with Crippen LogP contribution in [0.1, 0.15) is 73.5 Å². The zero-order chi connectivity index (χ0) is 28.7. The molecule has 1 saturated heterocycles. The second kappa shape index (κ2) is 13.4. The average molecular weight is 568 g/mol. The van der Waals surface area contributed by atoms with Gasteiger partial charge in [-0.1, -0.05) is 17.0 Å². The number of rotatable bonds is 10. The van der Waals surface area contributed by atoms with Crippen LogP contribution in [-0.2, 0) is 22.6 Å². The number of hydrogen-bond donors (Lipinski definition) is 2. The molecule has 1 aromatic carbocycles. The van der Waals surface area contributed by atoms with Crippen molar-refractivity contribution in [2.24, 2.45) is 5.92 Å². The summed E-state index contributed by atoms with van der Waals surface area (Å²) < 4.78 is 19.5. The molecule has 218 valence electrons. The number of ether oxygens (including phenoxy) is 2. The summed E-state index contributed by atoms with van der Waals surface area (Å²) >= 11 is 0. The van der Waals surface area contributed by atoms with Crippen LogP contribution < -0.4 is 5.32 Å². The van der Waals surface area contributed by atoms with Crippen LogP contribution in [0.15, 0.2) is 65.6 Å². The van der Waals surface area contributed by atoms with E-state index in [-0.39, 0.29) is 18.5 Å². The molecule has 6 rings (SSSR count). The second-order valence-electron chi connectivity index (χ2n) is 11.2. The van der Waals surface area contributed by atoms with Crippen molar-refractivity contribution in [2.75, 3.05) is 13.2 Å². The van der Waals surface area contributed by atoms with Gasteiger partial charge >= 0.3 is 0 Å². The van der Waals surface area contributed by atoms with Crippen molar-refractivity contribution < 1.29 is 19.1 Å². The Bertz CT molecular complexity index is 1490. The number of aliphatic hydroxyl groups is 1. The van der Waals surface area contributed by atoms with Crippen LogP contribution in [-0.4, -0.2) is 50.3 Å². The highest BCUT2D eigenvalue weighted by molar-refractivity contribution is 5.59. The van der Waals surface area contributed by atoms with Gasteiger partial charge in [0.2, 0.25) is 0 Å². The first kappa shape index (κ1) is 28.3. The SMILES string of the molecule is C[C@H](OC1CCCCO1)c1nccn1Cc1cc(-c2ccc(C#Cc3ccc(CNCC4CC(O)C4)nc3)cc2)on1. The van der Waals surface area contributed by atoms with Gasteiger partial charge in [0.05, 0.1) is 18.3 Å². The molecule has 1 unspecified atom stereocenters. The van der Waals surface area contributed by atoms with E-state index in [9.17, 15) is 5.11 Å². The van der Waals surface area contributed by atoms with Gasteiger partial charge in [0.1, 0.15) is 17.6 Å². The molecule has 2 fully saturated rings. The van der Waals surface area contributed by atoms with E-state index in [4.69, 9.17) is 14.0 Å². The molecule has 9 heteroatoms. The molecule has 2 aliphatic rings. The highest BCUT2D eigenvalue weighted by Crippen LogP contribution is 2.26. The molecular weight excluding hydrogens is 530 g/mol. The maximum Gasteiger partial charge on any atom is 0.167 e. The van der Waals surface area contributed by atoms with E-state index >= 15 is 0 Å². The van der Waals surface area contributed by atoms with Gasteiger partial charge in [-0.2, -0.15) is 0 Å². The van der Waals surface area contributed by atoms with E-state index in [1.54, 1.807) is 6.20 Å². The minimum atomic E-state index is -0.188. The number of benzene rings is 1. The molecule has 0 bridgehead atoms. The molecule has 1 saturated carbocycles. The molecule has 1 aliphatic heterocycles. The van der Waals surface area contributed by atoms with Gasteiger partial charge in [-0.15, -0.1) is 0 Å². The normalized spacial score (nSPS) is 20.9. The number of imidazole rings is 1. The second-order valence-corrected chi connectivity index (χ2v) is 11.2. The van der Waals surface area contributed by atoms with Gasteiger partial charge in [0, 0.05) is 54.5 Å². The maximum absolute atomic E-state index is 9.39. The minimum absolute atomic E-state index is 0.108. The Balaban J connectivity index is 1.01. The van der Waals surface area contributed by atoms with E-state index in [1.807, 2.05) is 66.3 Å². The number of hydrogen-bond acceptors (Lipinski definition) is 8. The minimum Gasteiger partial charge on any atom is -0.393 e. The van der Waals surface area contributed by atoms with Crippen LogP contribution in [0.2, 0.25) is 0 Å². The number of nitrogens with zero attached hydrogens (tertiary/aromatic N) is 4. The van der Waals surface area contributed by atoms with Gasteiger partial charge in [0.25, 0.3) is 0 Å². The molecule has 9 nitrogen and oxygen atoms in total. The molecule has 0 amide bonds. The Labute approximate surface area is 246 Å². The standard InChI is InChI=1S/C33H37N5O4/c1-23(41-32-4-2-3-15-40-32)33-35-13-14-38(33)22-29-18-31(42-37-29)27-10-7-24(8-11-27)5-6-25-9-12-28(36-20-25)21-34-19-26-16-30(39)17-26/h7-14,18,20,23,26,30,32,34,39H,2-4,15-17,19,21-22H2,1H3/t23-,26?,30?,32?/m0/s1. The smallest absolute Gasteiger partial charge is 0.167 e. The summed E-state index contributed by atoms with van der Waals surface area (Å²) in [6.07, 6.45) is 9.98. The molecule has 1 aliphatic carbocycles. The van der Waals surface area contributed by atoms with Crippen molar-refractivity contribution in [2.45, 2.75) is 70.6 Å². The van der Waals surface area contributed by atoms with Crippen molar-refractivity contribution in [3.05, 3.63) is 89.4 Å². The molecular formula is C33H37N5O4. The van der Waals surface area contributed by atoms with Gasteiger partial charge in [-0.25, -0.2) is 4.98 Å². The molecule has 2 atom stereocenters. The Hall–Kier alpha value is -3.81. The Morgan fingerprint density at radius 2 is 1.90 bits per heavy atom. The van der Waals surface area contributed by atoms with Gasteiger partial charge < -0.3 is 29.0 Å². The van der Waals surface area contributed by atoms with Crippen LogP contribution >= 0.6 is 0 Å². The third kappa shape index (κ3) is 7.33. The van der Waals surface area contributed by atoms with E-state index in [2.05, 4.69) is 32.3 Å². The van der Waals surface area contributed by atoms with Crippen molar-refractivity contribution in [1.82, 2.24) is 25.0 Å². The molecule has 0 radical (unpaired) electrons. The van der Waals surface area contributed by atoms with Crippen molar-refractivity contribution in [3.8, 4) is 23.2 Å². The lowest BCUT2D eigenvalue weighted by atomic mass is 9.82. The summed E-state index contributed by atoms with van der Waals surface area (Å²) in [6, 6.07) is 13.9. The summed E-state index contributed by atoms with van der Waals surface area (Å²) in [4.78, 5) is 9.04. The molecule has 2 N–H and O–H groups in total. The van der Waals surface area contributed by atoms with Gasteiger partial charge in [-0.3, -0.25) is 4.98 Å². The number of nitrogens with one attached hydrogen (secondary N) is 1. The highest BCUT2D eigenvalue weighted by atomic mass is 16.7. The monoisotopic (exact) mass is 567 g/mol. The Morgan fingerprint density at radius 1 is 1.07 bits per heavy atom. The Morgan fingerprint density at radius 3 is 2.67 bits per heavy atom. The lowest BCUT2D eigenvalue weighted by Gasteiger charge is -2.31. The summed E-state index contributed by atoms with van der Waals surface area (Å²) in [6.45, 7) is 4.93. The lowest BCUT2D eigenvalue weighted by Crippen LogP contribution is -2.36. The summed E-state index contributed by atoms with van der Waals surface area (Å²) in [5.41, 5.74) is 4.51. The first-order chi connectivity index (χ1) is 20.6. The maximum atomic E-state index is 9.39. The predicted molar refractivity (Wildman–Crippen MR) is 157 cm³/mol. The molecule has 3 aromatic heterocycles. The topological polar surface area (TPSA) is 107 Å². The third-order valence-electron chi connectivity index (χ3n) is 7.79. The number of aromatic nitrogens is 4. The molecule has 0 spiro atoms. The fourth-order valence-electron chi connectivity index (χ4n) is 5.35. The molecule has 4 aromatic rings. The van der Waals surface area contributed by atoms with Crippen LogP contribution in [0.4, 0.5) is 0 Å². The first-order valence-electron chi connectivity index (χ1n) is 14.8. The van der Waals surface area contributed by atoms with Crippen LogP contribution in [0.25, 0.3) is 11.3 Å². The zero-order valence-electron chi connectivity index (χ0n) is 23.9. The third-order valence-corrected chi connectivity index (χ3v) is 7.79. The number of aliphatic hydroxyl groups excluding tert-OH is 1. The van der Waals surface area contributed by atoms with Gasteiger partial charge in [-0.05, 0) is 87.9 Å². The van der Waals surface area contributed by atoms with Crippen molar-refractivity contribution >= 4 is 0 Å². The van der Waals surface area contributed by atoms with E-state index in [0.717, 1.165) is 85.7 Å². The van der Waals surface area contributed by atoms with Crippen molar-refractivity contribution in [1.29, 1.82) is 0 Å². The predicted octanol–water partition coefficient (Wildman–Crippen LogP) is 4.85. The largest absolute Gasteiger partial charge is 0.393 e. The fraction of sp³-hybridized carbons (Fsp3) is 0.424. The highest BCUT2D eigenvalue weighted by Gasteiger charge is 2.26. The van der Waals surface area contributed by atoms with E-state index in [0.29, 0.717) is 18.2 Å². The molecule has 42 heavy (non-hydrogen) atoms. The summed E-state index contributed by atoms with van der Waals surface area (Å²) in [5, 5.41) is 17.1. The van der Waals surface area contributed by atoms with E-state index in [1.165, 1.54) is 0 Å². The Kier molecular flexibility index (Phi) is 9.06. The summed E-state index contributed by atoms with van der Waals surface area (Å²) in [5.74, 6) is 8.52. The zero-order valence-corrected chi connectivity index (χ0v) is 23.9. The van der Waals surface area contributed by atoms with Crippen molar-refractivity contribution in [3.63, 3.8) is 0 Å². The van der Waals surface area contributed by atoms with Gasteiger partial charge in [0.15, 0.2) is 12.1 Å². The summed E-state index contributed by atoms with van der Waals surface area (Å²) in [7, 11) is 0. The van der Waals surface area contributed by atoms with Crippen LogP contribution in [0, 0.1) is 17.8 Å². The quantitative estimate of drug-likeness (QED) is 0.262. The fourth-order valence-corrected chi connectivity index (χ4v) is 5.35. The lowest BCUT2D eigenvalue weighted by molar-refractivity contribution is -0.188. The molecule has 4 heterocycles. The number of pyridine rings is 1.